The number of thioether (sulfide) groups is 1. The number of nitrogens with one attached hydrogen (secondary N) is 1. The Morgan fingerprint density at radius 1 is 1.36 bits per heavy atom. The topological polar surface area (TPSA) is 64.0 Å². The molecule has 0 aliphatic heterocycles. The van der Waals surface area contributed by atoms with E-state index in [0.717, 1.165) is 0 Å². The molecule has 0 unspecified atom stereocenters. The van der Waals surface area contributed by atoms with E-state index in [1.165, 1.54) is 51.9 Å². The Morgan fingerprint density at radius 3 is 2.84 bits per heavy atom. The molecular formula is C17H14FN3O2S2. The van der Waals surface area contributed by atoms with E-state index in [2.05, 4.69) is 16.9 Å². The lowest BCUT2D eigenvalue weighted by Crippen LogP contribution is -2.23. The third-order valence-electron chi connectivity index (χ3n) is 3.32. The summed E-state index contributed by atoms with van der Waals surface area (Å²) < 4.78 is 14.4. The molecule has 8 heteroatoms. The number of halogens is 1. The first-order valence-electron chi connectivity index (χ1n) is 7.35. The summed E-state index contributed by atoms with van der Waals surface area (Å²) in [4.78, 5) is 29.7. The Labute approximate surface area is 151 Å². The number of carbonyl (C=O) groups excluding carboxylic acids is 1. The Balaban J connectivity index is 1.76. The smallest absolute Gasteiger partial charge is 0.263 e. The van der Waals surface area contributed by atoms with E-state index in [4.69, 9.17) is 0 Å². The highest BCUT2D eigenvalue weighted by molar-refractivity contribution is 7.99. The largest absolute Gasteiger partial charge is 0.325 e. The Bertz CT molecular complexity index is 980. The van der Waals surface area contributed by atoms with Crippen molar-refractivity contribution in [2.24, 2.45) is 0 Å². The van der Waals surface area contributed by atoms with Crippen LogP contribution in [0, 0.1) is 5.82 Å². The highest BCUT2D eigenvalue weighted by Gasteiger charge is 2.13. The molecule has 0 fully saturated rings. The van der Waals surface area contributed by atoms with Gasteiger partial charge < -0.3 is 5.32 Å². The van der Waals surface area contributed by atoms with Crippen molar-refractivity contribution in [1.29, 1.82) is 0 Å². The molecule has 128 valence electrons. The van der Waals surface area contributed by atoms with Gasteiger partial charge in [-0.2, -0.15) is 0 Å². The number of fused-ring (bicyclic) bond motifs is 1. The number of hydrogen-bond acceptors (Lipinski definition) is 5. The van der Waals surface area contributed by atoms with Crippen LogP contribution in [0.5, 0.6) is 0 Å². The first kappa shape index (κ1) is 17.4. The Hall–Kier alpha value is -2.45. The molecule has 0 spiro atoms. The molecule has 3 rings (SSSR count). The number of thiophene rings is 1. The maximum atomic E-state index is 12.9. The van der Waals surface area contributed by atoms with E-state index in [0.29, 0.717) is 27.6 Å². The molecule has 0 atom stereocenters. The molecule has 2 heterocycles. The average Bonchev–Trinajstić information content (AvgIpc) is 3.07. The molecule has 5 nitrogen and oxygen atoms in total. The quantitative estimate of drug-likeness (QED) is 0.407. The van der Waals surface area contributed by atoms with E-state index >= 15 is 0 Å². The first-order valence-corrected chi connectivity index (χ1v) is 9.22. The SMILES string of the molecule is C=CCn1c(SCC(=O)Nc2ccc(F)cc2)nc2sccc2c1=O. The van der Waals surface area contributed by atoms with Crippen LogP contribution in [0.3, 0.4) is 0 Å². The maximum absolute atomic E-state index is 12.9. The van der Waals surface area contributed by atoms with E-state index in [-0.39, 0.29) is 23.0 Å². The second kappa shape index (κ2) is 7.62. The summed E-state index contributed by atoms with van der Waals surface area (Å²) in [5.74, 6) is -0.547. The lowest BCUT2D eigenvalue weighted by atomic mass is 10.3. The van der Waals surface area contributed by atoms with Crippen molar-refractivity contribution in [2.45, 2.75) is 11.7 Å². The number of anilines is 1. The summed E-state index contributed by atoms with van der Waals surface area (Å²) in [6, 6.07) is 7.27. The number of rotatable bonds is 6. The molecule has 0 radical (unpaired) electrons. The number of benzene rings is 1. The summed E-state index contributed by atoms with van der Waals surface area (Å²) >= 11 is 2.56. The molecule has 1 amide bonds. The van der Waals surface area contributed by atoms with Gasteiger partial charge in [0.25, 0.3) is 5.56 Å². The van der Waals surface area contributed by atoms with E-state index in [1.807, 2.05) is 5.38 Å². The molecule has 1 aromatic carbocycles. The predicted octanol–water partition coefficient (Wildman–Crippen LogP) is 3.51. The monoisotopic (exact) mass is 375 g/mol. The van der Waals surface area contributed by atoms with Crippen molar-refractivity contribution in [1.82, 2.24) is 9.55 Å². The van der Waals surface area contributed by atoms with E-state index < -0.39 is 0 Å². The summed E-state index contributed by atoms with van der Waals surface area (Å²) in [5.41, 5.74) is 0.366. The highest BCUT2D eigenvalue weighted by atomic mass is 32.2. The zero-order chi connectivity index (χ0) is 17.8. The lowest BCUT2D eigenvalue weighted by molar-refractivity contribution is -0.113. The van der Waals surface area contributed by atoms with E-state index in [1.54, 1.807) is 12.1 Å². The molecule has 1 N–H and O–H groups in total. The number of amides is 1. The highest BCUT2D eigenvalue weighted by Crippen LogP contribution is 2.21. The van der Waals surface area contributed by atoms with Gasteiger partial charge in [-0.05, 0) is 35.7 Å². The summed E-state index contributed by atoms with van der Waals surface area (Å²) in [5, 5.41) is 5.52. The van der Waals surface area contributed by atoms with Gasteiger partial charge in [-0.25, -0.2) is 9.37 Å². The van der Waals surface area contributed by atoms with Gasteiger partial charge in [0.15, 0.2) is 5.16 Å². The second-order valence-corrected chi connectivity index (χ2v) is 6.92. The van der Waals surface area contributed by atoms with Crippen molar-refractivity contribution < 1.29 is 9.18 Å². The van der Waals surface area contributed by atoms with Gasteiger partial charge in [0.05, 0.1) is 11.1 Å². The van der Waals surface area contributed by atoms with Crippen molar-refractivity contribution in [2.75, 3.05) is 11.1 Å². The molecule has 25 heavy (non-hydrogen) atoms. The normalized spacial score (nSPS) is 10.8. The van der Waals surface area contributed by atoms with Gasteiger partial charge in [0, 0.05) is 12.2 Å². The van der Waals surface area contributed by atoms with Crippen LogP contribution in [0.1, 0.15) is 0 Å². The van der Waals surface area contributed by atoms with Gasteiger partial charge in [0.1, 0.15) is 10.6 Å². The second-order valence-electron chi connectivity index (χ2n) is 5.08. The number of hydrogen-bond donors (Lipinski definition) is 1. The minimum atomic E-state index is -0.366. The van der Waals surface area contributed by atoms with Crippen molar-refractivity contribution in [3.8, 4) is 0 Å². The molecule has 0 aliphatic carbocycles. The van der Waals surface area contributed by atoms with Crippen molar-refractivity contribution in [3.63, 3.8) is 0 Å². The Morgan fingerprint density at radius 2 is 2.12 bits per heavy atom. The molecule has 0 saturated heterocycles. The summed E-state index contributed by atoms with van der Waals surface area (Å²) in [7, 11) is 0. The number of aromatic nitrogens is 2. The van der Waals surface area contributed by atoms with Crippen LogP contribution >= 0.6 is 23.1 Å². The minimum absolute atomic E-state index is 0.0812. The van der Waals surface area contributed by atoms with Crippen molar-refractivity contribution in [3.05, 3.63) is 64.5 Å². The lowest BCUT2D eigenvalue weighted by Gasteiger charge is -2.10. The molecule has 0 bridgehead atoms. The molecular weight excluding hydrogens is 361 g/mol. The van der Waals surface area contributed by atoms with Gasteiger partial charge in [-0.15, -0.1) is 17.9 Å². The van der Waals surface area contributed by atoms with Gasteiger partial charge >= 0.3 is 0 Å². The number of carbonyl (C=O) groups is 1. The number of allylic oxidation sites excluding steroid dienone is 1. The predicted molar refractivity (Wildman–Crippen MR) is 99.8 cm³/mol. The van der Waals surface area contributed by atoms with Crippen LogP contribution in [-0.4, -0.2) is 21.2 Å². The van der Waals surface area contributed by atoms with Crippen LogP contribution in [0.4, 0.5) is 10.1 Å². The fraction of sp³-hybridized carbons (Fsp3) is 0.118. The zero-order valence-corrected chi connectivity index (χ0v) is 14.7. The van der Waals surface area contributed by atoms with Crippen LogP contribution < -0.4 is 10.9 Å². The number of nitrogens with zero attached hydrogens (tertiary/aromatic N) is 2. The van der Waals surface area contributed by atoms with Crippen LogP contribution in [0.25, 0.3) is 10.2 Å². The standard InChI is InChI=1S/C17H14FN3O2S2/c1-2-8-21-16(23)13-7-9-24-15(13)20-17(21)25-10-14(22)19-12-5-3-11(18)4-6-12/h2-7,9H,1,8,10H2,(H,19,22). The third kappa shape index (κ3) is 3.97. The third-order valence-corrected chi connectivity index (χ3v) is 5.10. The molecule has 0 saturated carbocycles. The zero-order valence-electron chi connectivity index (χ0n) is 13.1. The van der Waals surface area contributed by atoms with Crippen LogP contribution in [0.2, 0.25) is 0 Å². The average molecular weight is 375 g/mol. The molecule has 3 aromatic rings. The van der Waals surface area contributed by atoms with Crippen LogP contribution in [-0.2, 0) is 11.3 Å². The summed E-state index contributed by atoms with van der Waals surface area (Å²) in [6.45, 7) is 3.98. The maximum Gasteiger partial charge on any atom is 0.263 e. The fourth-order valence-electron chi connectivity index (χ4n) is 2.19. The Kier molecular flexibility index (Phi) is 5.30. The molecule has 2 aromatic heterocycles. The minimum Gasteiger partial charge on any atom is -0.325 e. The molecule has 0 aliphatic rings. The van der Waals surface area contributed by atoms with Crippen molar-refractivity contribution >= 4 is 44.9 Å². The van der Waals surface area contributed by atoms with Crippen LogP contribution in [0.15, 0.2) is 58.3 Å². The van der Waals surface area contributed by atoms with Gasteiger partial charge in [-0.3, -0.25) is 14.2 Å². The summed E-state index contributed by atoms with van der Waals surface area (Å²) in [6.07, 6.45) is 1.62. The first-order chi connectivity index (χ1) is 12.1. The fourth-order valence-corrected chi connectivity index (χ4v) is 3.80. The van der Waals surface area contributed by atoms with E-state index in [9.17, 15) is 14.0 Å². The van der Waals surface area contributed by atoms with Gasteiger partial charge in [0.2, 0.25) is 5.91 Å². The van der Waals surface area contributed by atoms with Gasteiger partial charge in [-0.1, -0.05) is 17.8 Å².